The fourth-order valence-electron chi connectivity index (χ4n) is 4.19. The minimum atomic E-state index is -1.78. The van der Waals surface area contributed by atoms with E-state index in [0.717, 1.165) is 20.9 Å². The molecule has 5 N–H and O–H groups in total. The van der Waals surface area contributed by atoms with Crippen molar-refractivity contribution in [3.8, 4) is 0 Å². The van der Waals surface area contributed by atoms with Crippen molar-refractivity contribution in [2.45, 2.75) is 37.4 Å². The van der Waals surface area contributed by atoms with E-state index < -0.39 is 46.5 Å². The zero-order valence-corrected chi connectivity index (χ0v) is 24.7. The van der Waals surface area contributed by atoms with E-state index in [4.69, 9.17) is 10.6 Å². The molecule has 2 aliphatic rings. The highest BCUT2D eigenvalue weighted by atomic mass is 32.2. The topological polar surface area (TPSA) is 233 Å². The molecule has 0 aromatic carbocycles. The van der Waals surface area contributed by atoms with Gasteiger partial charge in [-0.25, -0.2) is 14.3 Å². The number of carboxylic acids is 2. The molecule has 3 amide bonds. The summed E-state index contributed by atoms with van der Waals surface area (Å²) in [5.41, 5.74) is 4.08. The molecule has 1 unspecified atom stereocenters. The summed E-state index contributed by atoms with van der Waals surface area (Å²) in [5.74, 6) is -4.30. The van der Waals surface area contributed by atoms with E-state index in [0.29, 0.717) is 22.8 Å². The monoisotopic (exact) mass is 646 g/mol. The molecule has 0 radical (unpaired) electrons. The van der Waals surface area contributed by atoms with Crippen LogP contribution in [-0.2, 0) is 35.4 Å². The normalized spacial score (nSPS) is 18.6. The summed E-state index contributed by atoms with van der Waals surface area (Å²) in [7, 11) is 0. The molecule has 3 aromatic rings. The quantitative estimate of drug-likeness (QED) is 0.0638. The number of nitrogens with two attached hydrogens (primary N) is 1. The lowest BCUT2D eigenvalue weighted by Gasteiger charge is -2.50. The Morgan fingerprint density at radius 1 is 1.37 bits per heavy atom. The molecule has 43 heavy (non-hydrogen) atoms. The maximum absolute atomic E-state index is 13.3. The van der Waals surface area contributed by atoms with E-state index >= 15 is 0 Å². The predicted molar refractivity (Wildman–Crippen MR) is 152 cm³/mol. The number of thiazole rings is 2. The van der Waals surface area contributed by atoms with Crippen LogP contribution in [0.2, 0.25) is 0 Å². The average molecular weight is 647 g/mol. The van der Waals surface area contributed by atoms with E-state index in [1.54, 1.807) is 22.9 Å². The number of hydrogen-bond acceptors (Lipinski definition) is 14. The number of carbonyl (C=O) groups excluding carboxylic acids is 4. The highest BCUT2D eigenvalue weighted by Gasteiger charge is 2.53. The first-order valence-corrected chi connectivity index (χ1v) is 15.0. The summed E-state index contributed by atoms with van der Waals surface area (Å²) < 4.78 is 2.45. The summed E-state index contributed by atoms with van der Waals surface area (Å²) in [6.45, 7) is 2.54. The van der Waals surface area contributed by atoms with Gasteiger partial charge >= 0.3 is 16.7 Å². The van der Waals surface area contributed by atoms with Crippen LogP contribution in [0.4, 0.5) is 10.3 Å². The summed E-state index contributed by atoms with van der Waals surface area (Å²) in [6, 6.07) is 2.42. The Labute approximate surface area is 254 Å². The van der Waals surface area contributed by atoms with Gasteiger partial charge in [0.25, 0.3) is 11.8 Å². The zero-order valence-electron chi connectivity index (χ0n) is 22.3. The molecule has 0 aliphatic carbocycles. The third kappa shape index (κ3) is 5.73. The van der Waals surface area contributed by atoms with E-state index in [2.05, 4.69) is 25.8 Å². The predicted octanol–water partition coefficient (Wildman–Crippen LogP) is -1.12. The lowest BCUT2D eigenvalue weighted by Crippen LogP contribution is -2.71. The SMILES string of the molecule is CC(C)(ON=C(C(=O)NC1C(=O)N2C(C(=O)[O-])=C(C[n+]3cccc4sc(NC=O)nc43)CS[C@@H]12)c1csc(N)n1)C(=O)O. The molecule has 0 bridgehead atoms. The minimum Gasteiger partial charge on any atom is -0.543 e. The molecule has 2 aliphatic heterocycles. The van der Waals surface area contributed by atoms with Crippen LogP contribution in [-0.4, -0.2) is 78.6 Å². The van der Waals surface area contributed by atoms with E-state index in [9.17, 15) is 34.2 Å². The molecule has 224 valence electrons. The Bertz CT molecular complexity index is 1730. The number of rotatable bonds is 11. The number of nitrogens with zero attached hydrogens (tertiary/aromatic N) is 5. The van der Waals surface area contributed by atoms with Gasteiger partial charge in [0, 0.05) is 16.7 Å². The Hall–Kier alpha value is -4.62. The Balaban J connectivity index is 1.38. The molecule has 2 atom stereocenters. The smallest absolute Gasteiger partial charge is 0.350 e. The summed E-state index contributed by atoms with van der Waals surface area (Å²) in [6.07, 6.45) is 2.20. The summed E-state index contributed by atoms with van der Waals surface area (Å²) >= 11 is 3.49. The summed E-state index contributed by atoms with van der Waals surface area (Å²) in [4.78, 5) is 75.6. The Kier molecular flexibility index (Phi) is 8.04. The minimum absolute atomic E-state index is 0.00142. The number of aromatic nitrogens is 3. The Morgan fingerprint density at radius 2 is 2.14 bits per heavy atom. The maximum atomic E-state index is 13.3. The molecular weight excluding hydrogens is 625 g/mol. The first-order chi connectivity index (χ1) is 20.4. The van der Waals surface area contributed by atoms with Gasteiger partial charge in [-0.1, -0.05) is 16.5 Å². The van der Waals surface area contributed by atoms with Crippen LogP contribution in [0.3, 0.4) is 0 Å². The molecule has 16 nitrogen and oxygen atoms in total. The van der Waals surface area contributed by atoms with Gasteiger partial charge in [0.15, 0.2) is 10.8 Å². The lowest BCUT2D eigenvalue weighted by molar-refractivity contribution is -0.664. The molecule has 5 rings (SSSR count). The number of amides is 3. The van der Waals surface area contributed by atoms with Crippen LogP contribution < -0.4 is 26.0 Å². The zero-order chi connectivity index (χ0) is 31.1. The van der Waals surface area contributed by atoms with Crippen LogP contribution in [0.15, 0.2) is 40.1 Å². The van der Waals surface area contributed by atoms with Crippen molar-refractivity contribution in [3.63, 3.8) is 0 Å². The number of β-lactam (4-membered cyclic amide) rings is 1. The maximum Gasteiger partial charge on any atom is 0.350 e. The first kappa shape index (κ1) is 29.9. The molecule has 1 fully saturated rings. The molecule has 1 saturated heterocycles. The molecule has 3 aromatic heterocycles. The van der Waals surface area contributed by atoms with Crippen molar-refractivity contribution in [2.24, 2.45) is 5.16 Å². The van der Waals surface area contributed by atoms with Gasteiger partial charge in [0.05, 0.1) is 17.9 Å². The van der Waals surface area contributed by atoms with Crippen LogP contribution in [0.5, 0.6) is 0 Å². The number of hydrogen-bond donors (Lipinski definition) is 4. The second kappa shape index (κ2) is 11.6. The first-order valence-electron chi connectivity index (χ1n) is 12.3. The van der Waals surface area contributed by atoms with Crippen molar-refractivity contribution < 1.29 is 43.6 Å². The molecule has 0 spiro atoms. The molecule has 5 heterocycles. The molecule has 19 heteroatoms. The molecular formula is C24H22N8O8S3. The number of pyridine rings is 1. The third-order valence-electron chi connectivity index (χ3n) is 6.35. The number of carbonyl (C=O) groups is 5. The second-order valence-corrected chi connectivity index (χ2v) is 12.6. The van der Waals surface area contributed by atoms with Gasteiger partial charge in [-0.3, -0.25) is 24.6 Å². The summed E-state index contributed by atoms with van der Waals surface area (Å²) in [5, 5.41) is 31.5. The Morgan fingerprint density at radius 3 is 2.79 bits per heavy atom. The number of carboxylic acid groups (broad SMARTS) is 2. The fourth-order valence-corrected chi connectivity index (χ4v) is 6.92. The van der Waals surface area contributed by atoms with E-state index in [-0.39, 0.29) is 28.8 Å². The standard InChI is InChI=1S/C24H22N8O8S3/c1-24(2,21(38)39)40-30-13(11-8-42-22(25)27-11)17(34)28-14-18(35)32-15(20(36)37)10(7-41-19(14)32)6-31-5-3-4-12-16(31)29-23(43-12)26-9-33/h3-5,8-9,14,19H,6-7H2,1-2H3,(H5,25,27,28,34,36,37,38,39)/t14?,19-/m0/s1. The number of aliphatic carboxylic acids is 2. The van der Waals surface area contributed by atoms with Crippen LogP contribution in [0.1, 0.15) is 19.5 Å². The number of oxime groups is 1. The highest BCUT2D eigenvalue weighted by molar-refractivity contribution is 8.00. The largest absolute Gasteiger partial charge is 0.543 e. The van der Waals surface area contributed by atoms with E-state index in [1.807, 2.05) is 0 Å². The van der Waals surface area contributed by atoms with Crippen LogP contribution >= 0.6 is 34.4 Å². The van der Waals surface area contributed by atoms with Gasteiger partial charge in [-0.05, 0) is 31.0 Å². The van der Waals surface area contributed by atoms with Crippen molar-refractivity contribution in [1.29, 1.82) is 0 Å². The van der Waals surface area contributed by atoms with Crippen LogP contribution in [0, 0.1) is 0 Å². The van der Waals surface area contributed by atoms with Crippen molar-refractivity contribution in [1.82, 2.24) is 20.2 Å². The average Bonchev–Trinajstić information content (AvgIpc) is 3.57. The van der Waals surface area contributed by atoms with Crippen molar-refractivity contribution in [2.75, 3.05) is 16.8 Å². The van der Waals surface area contributed by atoms with Gasteiger partial charge < -0.3 is 30.9 Å². The highest BCUT2D eigenvalue weighted by Crippen LogP contribution is 2.40. The lowest BCUT2D eigenvalue weighted by atomic mass is 10.0. The molecule has 0 saturated carbocycles. The number of anilines is 2. The van der Waals surface area contributed by atoms with E-state index in [1.165, 1.54) is 42.3 Å². The van der Waals surface area contributed by atoms with Gasteiger partial charge in [0.2, 0.25) is 12.0 Å². The van der Waals surface area contributed by atoms with Gasteiger partial charge in [-0.15, -0.1) is 23.1 Å². The third-order valence-corrected chi connectivity index (χ3v) is 9.31. The van der Waals surface area contributed by atoms with Crippen molar-refractivity contribution in [3.05, 3.63) is 40.7 Å². The number of nitrogens with one attached hydrogen (secondary N) is 2. The van der Waals surface area contributed by atoms with Crippen molar-refractivity contribution >= 4 is 90.9 Å². The number of fused-ring (bicyclic) bond motifs is 2. The fraction of sp³-hybridized carbons (Fsp3) is 0.292. The number of nitrogen functional groups attached to an aromatic ring is 1. The van der Waals surface area contributed by atoms with Gasteiger partial charge in [-0.2, -0.15) is 0 Å². The van der Waals surface area contributed by atoms with Gasteiger partial charge in [0.1, 0.15) is 28.4 Å². The number of thioether (sulfide) groups is 1. The van der Waals surface area contributed by atoms with Crippen LogP contribution in [0.25, 0.3) is 10.3 Å². The second-order valence-electron chi connectivity index (χ2n) is 9.62.